The smallest absolute Gasteiger partial charge is 0.351 e. The molecule has 0 amide bonds. The molecule has 1 fully saturated rings. The summed E-state index contributed by atoms with van der Waals surface area (Å²) in [5.74, 6) is -6.72. The van der Waals surface area contributed by atoms with E-state index in [1.165, 1.54) is 10.9 Å². The summed E-state index contributed by atoms with van der Waals surface area (Å²) in [4.78, 5) is 28.4. The first kappa shape index (κ1) is 35.3. The molecule has 0 radical (unpaired) electrons. The largest absolute Gasteiger partial charge is 0.390 e. The zero-order valence-electron chi connectivity index (χ0n) is 24.2. The molecule has 1 aliphatic rings. The Morgan fingerprint density at radius 3 is 2.27 bits per heavy atom. The minimum atomic E-state index is -4.84. The number of anilines is 2. The molecule has 1 aliphatic carbocycles. The van der Waals surface area contributed by atoms with Crippen molar-refractivity contribution in [2.75, 3.05) is 29.9 Å². The number of benzene rings is 1. The van der Waals surface area contributed by atoms with Crippen LogP contribution in [-0.2, 0) is 10.0 Å². The third-order valence-electron chi connectivity index (χ3n) is 7.22. The number of halogens is 7. The molecule has 2 heterocycles. The van der Waals surface area contributed by atoms with E-state index >= 15 is 8.78 Å². The van der Waals surface area contributed by atoms with Crippen LogP contribution in [0.25, 0.3) is 22.4 Å². The van der Waals surface area contributed by atoms with Crippen molar-refractivity contribution < 1.29 is 34.8 Å². The van der Waals surface area contributed by atoms with Crippen molar-refractivity contribution in [3.05, 3.63) is 40.1 Å². The zero-order chi connectivity index (χ0) is 31.9. The molecule has 2 aromatic heterocycles. The Labute approximate surface area is 255 Å². The summed E-state index contributed by atoms with van der Waals surface area (Å²) in [6, 6.07) is 0.207. The number of hydrogen-bond acceptors (Lipinski definition) is 8. The maximum Gasteiger partial charge on any atom is 0.390 e. The minimum absolute atomic E-state index is 0. The van der Waals surface area contributed by atoms with Crippen LogP contribution in [0.15, 0.2) is 17.1 Å². The molecule has 244 valence electrons. The summed E-state index contributed by atoms with van der Waals surface area (Å²) in [7, 11) is -0.768. The van der Waals surface area contributed by atoms with Crippen molar-refractivity contribution in [1.29, 1.82) is 0 Å². The van der Waals surface area contributed by atoms with E-state index in [2.05, 4.69) is 25.2 Å². The van der Waals surface area contributed by atoms with E-state index in [-0.39, 0.29) is 41.6 Å². The molecule has 10 nitrogen and oxygen atoms in total. The molecule has 0 unspecified atom stereocenters. The van der Waals surface area contributed by atoms with Crippen molar-refractivity contribution in [3.8, 4) is 11.3 Å². The number of rotatable bonds is 9. The first-order valence-corrected chi connectivity index (χ1v) is 15.1. The summed E-state index contributed by atoms with van der Waals surface area (Å²) >= 11 is 0. The van der Waals surface area contributed by atoms with Gasteiger partial charge in [-0.05, 0) is 53.6 Å². The van der Waals surface area contributed by atoms with Crippen LogP contribution in [0.1, 0.15) is 52.0 Å². The second kappa shape index (κ2) is 13.4. The molecule has 4 rings (SSSR count). The predicted molar refractivity (Wildman–Crippen MR) is 156 cm³/mol. The summed E-state index contributed by atoms with van der Waals surface area (Å²) in [5, 5.41) is 3.26. The molecular formula is C26H32ClF6N7O3S. The second-order valence-electron chi connectivity index (χ2n) is 10.9. The summed E-state index contributed by atoms with van der Waals surface area (Å²) < 4.78 is 109. The quantitative estimate of drug-likeness (QED) is 0.234. The fourth-order valence-electron chi connectivity index (χ4n) is 4.99. The molecule has 0 saturated heterocycles. The van der Waals surface area contributed by atoms with Gasteiger partial charge in [0, 0.05) is 24.2 Å². The lowest BCUT2D eigenvalue weighted by molar-refractivity contribution is -0.129. The van der Waals surface area contributed by atoms with Gasteiger partial charge in [0.25, 0.3) is 5.56 Å². The SMILES string of the molecule is CC(C)n1c(=O)c(-c2c(F)cc(NS(=O)(=O)CCC(F)(F)F)c(F)c2F)nc2cnc(N[C@H]3CC[C@H](N(C)C)CC3)nc21.Cl. The van der Waals surface area contributed by atoms with Crippen molar-refractivity contribution in [2.45, 2.75) is 70.3 Å². The topological polar surface area (TPSA) is 122 Å². The lowest BCUT2D eigenvalue weighted by Gasteiger charge is -2.32. The van der Waals surface area contributed by atoms with Crippen LogP contribution in [0.5, 0.6) is 0 Å². The Morgan fingerprint density at radius 2 is 1.70 bits per heavy atom. The second-order valence-corrected chi connectivity index (χ2v) is 12.8. The number of aromatic nitrogens is 4. The van der Waals surface area contributed by atoms with Gasteiger partial charge in [-0.25, -0.2) is 31.6 Å². The zero-order valence-corrected chi connectivity index (χ0v) is 25.8. The molecule has 0 bridgehead atoms. The van der Waals surface area contributed by atoms with E-state index in [9.17, 15) is 30.8 Å². The lowest BCUT2D eigenvalue weighted by atomic mass is 9.91. The fourth-order valence-corrected chi connectivity index (χ4v) is 6.07. The summed E-state index contributed by atoms with van der Waals surface area (Å²) in [5.41, 5.74) is -4.23. The normalized spacial score (nSPS) is 17.6. The molecule has 0 atom stereocenters. The highest BCUT2D eigenvalue weighted by Gasteiger charge is 2.32. The fraction of sp³-hybridized carbons (Fsp3) is 0.538. The van der Waals surface area contributed by atoms with Gasteiger partial charge in [-0.1, -0.05) is 0 Å². The van der Waals surface area contributed by atoms with Crippen LogP contribution in [0, 0.1) is 17.5 Å². The first-order chi connectivity index (χ1) is 20.0. The highest BCUT2D eigenvalue weighted by Crippen LogP contribution is 2.32. The third-order valence-corrected chi connectivity index (χ3v) is 8.50. The van der Waals surface area contributed by atoms with Gasteiger partial charge in [0.2, 0.25) is 16.0 Å². The van der Waals surface area contributed by atoms with Gasteiger partial charge in [0.05, 0.1) is 29.6 Å². The van der Waals surface area contributed by atoms with Crippen LogP contribution < -0.4 is 15.6 Å². The molecule has 1 saturated carbocycles. The number of nitrogens with zero attached hydrogens (tertiary/aromatic N) is 5. The number of hydrogen-bond donors (Lipinski definition) is 2. The Morgan fingerprint density at radius 1 is 1.07 bits per heavy atom. The molecule has 3 aromatic rings. The minimum Gasteiger partial charge on any atom is -0.351 e. The van der Waals surface area contributed by atoms with Crippen molar-refractivity contribution >= 4 is 45.2 Å². The maximum atomic E-state index is 15.2. The monoisotopic (exact) mass is 671 g/mol. The Kier molecular flexibility index (Phi) is 10.8. The Bertz CT molecular complexity index is 1680. The molecule has 0 spiro atoms. The van der Waals surface area contributed by atoms with E-state index < -0.39 is 74.4 Å². The predicted octanol–water partition coefficient (Wildman–Crippen LogP) is 5.25. The maximum absolute atomic E-state index is 15.2. The molecule has 2 N–H and O–H groups in total. The van der Waals surface area contributed by atoms with Gasteiger partial charge in [0.15, 0.2) is 17.3 Å². The average molecular weight is 672 g/mol. The van der Waals surface area contributed by atoms with Crippen LogP contribution in [0.4, 0.5) is 38.0 Å². The van der Waals surface area contributed by atoms with Gasteiger partial charge in [-0.15, -0.1) is 12.4 Å². The van der Waals surface area contributed by atoms with Crippen LogP contribution in [0.2, 0.25) is 0 Å². The van der Waals surface area contributed by atoms with E-state index in [0.29, 0.717) is 6.04 Å². The number of alkyl halides is 3. The highest BCUT2D eigenvalue weighted by atomic mass is 35.5. The molecule has 0 aliphatic heterocycles. The van der Waals surface area contributed by atoms with Gasteiger partial charge in [-0.2, -0.15) is 18.2 Å². The van der Waals surface area contributed by atoms with E-state index in [4.69, 9.17) is 0 Å². The van der Waals surface area contributed by atoms with Crippen molar-refractivity contribution in [1.82, 2.24) is 24.4 Å². The van der Waals surface area contributed by atoms with Crippen molar-refractivity contribution in [3.63, 3.8) is 0 Å². The third kappa shape index (κ3) is 7.90. The Hall–Kier alpha value is -3.18. The average Bonchev–Trinajstić information content (AvgIpc) is 2.90. The van der Waals surface area contributed by atoms with E-state index in [0.717, 1.165) is 30.3 Å². The summed E-state index contributed by atoms with van der Waals surface area (Å²) in [6.07, 6.45) is -1.65. The van der Waals surface area contributed by atoms with Gasteiger partial charge >= 0.3 is 6.18 Å². The number of nitrogens with one attached hydrogen (secondary N) is 2. The summed E-state index contributed by atoms with van der Waals surface area (Å²) in [6.45, 7) is 3.24. The van der Waals surface area contributed by atoms with Crippen molar-refractivity contribution in [2.24, 2.45) is 0 Å². The molecule has 1 aromatic carbocycles. The lowest BCUT2D eigenvalue weighted by Crippen LogP contribution is -2.36. The van der Waals surface area contributed by atoms with Crippen LogP contribution >= 0.6 is 12.4 Å². The number of fused-ring (bicyclic) bond motifs is 1. The standard InChI is InChI=1S/C26H31F6N7O3S.ClH/c1-13(2)39-23-18(12-33-25(36-23)34-14-5-7-15(8-6-14)38(3)4)35-22(24(39)40)19-16(27)11-17(20(28)21(19)29)37-43(41,42)10-9-26(30,31)32;/h11-15,37H,5-10H2,1-4H3,(H,33,34,36);1H/t14-,15-;. The molecule has 18 heteroatoms. The van der Waals surface area contributed by atoms with E-state index in [1.54, 1.807) is 13.8 Å². The molecular weight excluding hydrogens is 640 g/mol. The van der Waals surface area contributed by atoms with Crippen LogP contribution in [0.3, 0.4) is 0 Å². The number of sulfonamides is 1. The molecule has 44 heavy (non-hydrogen) atoms. The van der Waals surface area contributed by atoms with Crippen LogP contribution in [-0.4, -0.2) is 70.9 Å². The van der Waals surface area contributed by atoms with E-state index in [1.807, 2.05) is 14.1 Å². The first-order valence-electron chi connectivity index (χ1n) is 13.4. The highest BCUT2D eigenvalue weighted by molar-refractivity contribution is 7.92. The Balaban J connectivity index is 0.00000529. The van der Waals surface area contributed by atoms with Gasteiger partial charge in [0.1, 0.15) is 17.0 Å². The van der Waals surface area contributed by atoms with Gasteiger partial charge < -0.3 is 10.2 Å². The van der Waals surface area contributed by atoms with Gasteiger partial charge in [-0.3, -0.25) is 14.1 Å².